The number of nitriles is 1. The van der Waals surface area contributed by atoms with Crippen molar-refractivity contribution in [2.45, 2.75) is 0 Å². The van der Waals surface area contributed by atoms with Gasteiger partial charge < -0.3 is 4.74 Å². The normalized spacial score (nSPS) is 9.00. The highest BCUT2D eigenvalue weighted by Gasteiger charge is 2.11. The Kier molecular flexibility index (Phi) is 2.88. The second-order valence-electron chi connectivity index (χ2n) is 2.21. The van der Waals surface area contributed by atoms with Crippen molar-refractivity contribution in [1.29, 1.82) is 5.26 Å². The molecule has 1 aromatic rings. The van der Waals surface area contributed by atoms with Crippen LogP contribution in [0.4, 0.5) is 0 Å². The molecule has 13 heavy (non-hydrogen) atoms. The molecule has 1 rings (SSSR count). The maximum absolute atomic E-state index is 11.1. The molecule has 0 heterocycles. The van der Waals surface area contributed by atoms with Crippen LogP contribution in [0.15, 0.2) is 12.1 Å². The van der Waals surface area contributed by atoms with E-state index in [-0.39, 0.29) is 11.1 Å². The number of ether oxygens (including phenoxy) is 1. The van der Waals surface area contributed by atoms with Crippen molar-refractivity contribution in [2.75, 3.05) is 7.11 Å². The largest absolute Gasteiger partial charge is 0.465 e. The number of methoxy groups -OCH3 is 1. The summed E-state index contributed by atoms with van der Waals surface area (Å²) in [5.74, 6) is -0.565. The minimum absolute atomic E-state index is 0.175. The van der Waals surface area contributed by atoms with Crippen molar-refractivity contribution in [3.63, 3.8) is 0 Å². The van der Waals surface area contributed by atoms with E-state index in [2.05, 4.69) is 10.8 Å². The molecule has 4 heteroatoms. The van der Waals surface area contributed by atoms with Gasteiger partial charge in [-0.05, 0) is 12.1 Å². The molecule has 0 amide bonds. The van der Waals surface area contributed by atoms with Crippen LogP contribution >= 0.6 is 11.6 Å². The molecule has 0 aliphatic heterocycles. The second kappa shape index (κ2) is 3.92. The van der Waals surface area contributed by atoms with Gasteiger partial charge in [-0.3, -0.25) is 0 Å². The number of carbonyl (C=O) groups is 1. The van der Waals surface area contributed by atoms with Crippen molar-refractivity contribution in [3.05, 3.63) is 34.3 Å². The van der Waals surface area contributed by atoms with Gasteiger partial charge in [-0.2, -0.15) is 5.26 Å². The molecule has 0 aromatic heterocycles. The highest BCUT2D eigenvalue weighted by molar-refractivity contribution is 6.30. The Morgan fingerprint density at radius 1 is 1.77 bits per heavy atom. The van der Waals surface area contributed by atoms with Crippen molar-refractivity contribution in [1.82, 2.24) is 0 Å². The third kappa shape index (κ3) is 1.98. The van der Waals surface area contributed by atoms with E-state index in [1.807, 2.05) is 6.07 Å². The molecular weight excluding hydrogens is 190 g/mol. The minimum atomic E-state index is -0.565. The summed E-state index contributed by atoms with van der Waals surface area (Å²) in [4.78, 5) is 11.1. The molecule has 0 unspecified atom stereocenters. The summed E-state index contributed by atoms with van der Waals surface area (Å²) in [5.41, 5.74) is 0.366. The molecule has 1 aromatic carbocycles. The number of rotatable bonds is 1. The van der Waals surface area contributed by atoms with Gasteiger partial charge in [0.1, 0.15) is 6.07 Å². The number of hydrogen-bond acceptors (Lipinski definition) is 3. The van der Waals surface area contributed by atoms with Crippen LogP contribution in [-0.2, 0) is 4.74 Å². The molecule has 65 valence electrons. The van der Waals surface area contributed by atoms with Crippen LogP contribution in [0.25, 0.3) is 0 Å². The van der Waals surface area contributed by atoms with E-state index < -0.39 is 5.97 Å². The molecule has 0 saturated carbocycles. The predicted octanol–water partition coefficient (Wildman–Crippen LogP) is 1.80. The van der Waals surface area contributed by atoms with Crippen LogP contribution in [0.1, 0.15) is 15.9 Å². The van der Waals surface area contributed by atoms with Crippen LogP contribution in [0.3, 0.4) is 0 Å². The van der Waals surface area contributed by atoms with Gasteiger partial charge in [0.25, 0.3) is 0 Å². The number of carbonyl (C=O) groups excluding carboxylic acids is 1. The van der Waals surface area contributed by atoms with Gasteiger partial charge in [0.2, 0.25) is 0 Å². The average Bonchev–Trinajstić information content (AvgIpc) is 2.16. The van der Waals surface area contributed by atoms with Gasteiger partial charge in [-0.25, -0.2) is 4.79 Å². The molecule has 0 fully saturated rings. The summed E-state index contributed by atoms with van der Waals surface area (Å²) in [5, 5.41) is 8.95. The van der Waals surface area contributed by atoms with Crippen molar-refractivity contribution in [2.24, 2.45) is 0 Å². The van der Waals surface area contributed by atoms with E-state index in [1.165, 1.54) is 19.2 Å². The van der Waals surface area contributed by atoms with E-state index in [4.69, 9.17) is 16.9 Å². The zero-order valence-corrected chi connectivity index (χ0v) is 7.55. The van der Waals surface area contributed by atoms with E-state index in [0.29, 0.717) is 5.02 Å². The molecule has 0 saturated heterocycles. The molecule has 1 radical (unpaired) electrons. The topological polar surface area (TPSA) is 50.1 Å². The van der Waals surface area contributed by atoms with E-state index in [1.54, 1.807) is 0 Å². The fraction of sp³-hybridized carbons (Fsp3) is 0.111. The van der Waals surface area contributed by atoms with Crippen molar-refractivity contribution < 1.29 is 9.53 Å². The van der Waals surface area contributed by atoms with Crippen LogP contribution in [0.2, 0.25) is 5.02 Å². The molecule has 3 nitrogen and oxygen atoms in total. The third-order valence-corrected chi connectivity index (χ3v) is 1.66. The second-order valence-corrected chi connectivity index (χ2v) is 2.62. The molecule has 0 aliphatic carbocycles. The van der Waals surface area contributed by atoms with Gasteiger partial charge in [-0.15, -0.1) is 0 Å². The zero-order valence-electron chi connectivity index (χ0n) is 6.80. The summed E-state index contributed by atoms with van der Waals surface area (Å²) in [6, 6.07) is 7.16. The van der Waals surface area contributed by atoms with E-state index in [9.17, 15) is 4.79 Å². The van der Waals surface area contributed by atoms with Gasteiger partial charge in [0, 0.05) is 11.1 Å². The number of nitrogens with zero attached hydrogens (tertiary/aromatic N) is 1. The van der Waals surface area contributed by atoms with Crippen LogP contribution in [0.5, 0.6) is 0 Å². The Hall–Kier alpha value is -1.53. The average molecular weight is 195 g/mol. The van der Waals surface area contributed by atoms with Gasteiger partial charge >= 0.3 is 5.97 Å². The molecule has 0 spiro atoms. The Bertz CT molecular complexity index is 382. The number of esters is 1. The highest BCUT2D eigenvalue weighted by atomic mass is 35.5. The number of halogens is 1. The van der Waals surface area contributed by atoms with E-state index >= 15 is 0 Å². The molecule has 0 bridgehead atoms. The SMILES string of the molecule is COC(=O)c1c[c]c(Cl)cc1C#N. The summed E-state index contributed by atoms with van der Waals surface area (Å²) < 4.78 is 4.47. The fourth-order valence-corrected chi connectivity index (χ4v) is 1.00. The van der Waals surface area contributed by atoms with Crippen LogP contribution in [-0.4, -0.2) is 13.1 Å². The smallest absolute Gasteiger partial charge is 0.339 e. The van der Waals surface area contributed by atoms with Crippen molar-refractivity contribution >= 4 is 17.6 Å². The maximum atomic E-state index is 11.1. The van der Waals surface area contributed by atoms with Gasteiger partial charge in [0.05, 0.1) is 18.2 Å². The van der Waals surface area contributed by atoms with Crippen LogP contribution in [0, 0.1) is 17.4 Å². The lowest BCUT2D eigenvalue weighted by Gasteiger charge is -2.00. The van der Waals surface area contributed by atoms with Gasteiger partial charge in [-0.1, -0.05) is 11.6 Å². The monoisotopic (exact) mass is 194 g/mol. The minimum Gasteiger partial charge on any atom is -0.465 e. The quantitative estimate of drug-likeness (QED) is 0.641. The Balaban J connectivity index is 3.23. The molecule has 0 atom stereocenters. The lowest BCUT2D eigenvalue weighted by molar-refractivity contribution is 0.0600. The summed E-state index contributed by atoms with van der Waals surface area (Å²) in [6.07, 6.45) is 0. The Labute approximate surface area is 80.5 Å². The summed E-state index contributed by atoms with van der Waals surface area (Å²) >= 11 is 5.58. The summed E-state index contributed by atoms with van der Waals surface area (Å²) in [7, 11) is 1.25. The summed E-state index contributed by atoms with van der Waals surface area (Å²) in [6.45, 7) is 0. The van der Waals surface area contributed by atoms with E-state index in [0.717, 1.165) is 0 Å². The first-order valence-electron chi connectivity index (χ1n) is 3.38. The molecule has 0 N–H and O–H groups in total. The molecule has 0 aliphatic rings. The van der Waals surface area contributed by atoms with Crippen LogP contribution < -0.4 is 0 Å². The van der Waals surface area contributed by atoms with Crippen molar-refractivity contribution in [3.8, 4) is 6.07 Å². The lowest BCUT2D eigenvalue weighted by Crippen LogP contribution is -2.03. The Morgan fingerprint density at radius 2 is 2.46 bits per heavy atom. The Morgan fingerprint density at radius 3 is 3.00 bits per heavy atom. The number of hydrogen-bond donors (Lipinski definition) is 0. The third-order valence-electron chi connectivity index (χ3n) is 1.44. The first-order chi connectivity index (χ1) is 6.19. The lowest BCUT2D eigenvalue weighted by atomic mass is 10.1. The maximum Gasteiger partial charge on any atom is 0.339 e. The predicted molar refractivity (Wildman–Crippen MR) is 46.3 cm³/mol. The first-order valence-corrected chi connectivity index (χ1v) is 3.76. The fourth-order valence-electron chi connectivity index (χ4n) is 0.836. The standard InChI is InChI=1S/C9H5ClNO2/c1-13-9(12)8-3-2-7(10)4-6(8)5-11/h3-4H,1H3. The molecular formula is C9H5ClNO2. The first kappa shape index (κ1) is 9.56. The highest BCUT2D eigenvalue weighted by Crippen LogP contribution is 2.15. The van der Waals surface area contributed by atoms with Gasteiger partial charge in [0.15, 0.2) is 0 Å². The number of benzene rings is 1. The zero-order chi connectivity index (χ0) is 9.84.